The van der Waals surface area contributed by atoms with Crippen molar-refractivity contribution in [2.45, 2.75) is 47.6 Å². The summed E-state index contributed by atoms with van der Waals surface area (Å²) >= 11 is 0. The van der Waals surface area contributed by atoms with Gasteiger partial charge in [-0.2, -0.15) is 0 Å². The Morgan fingerprint density at radius 3 is 1.36 bits per heavy atom. The van der Waals surface area contributed by atoms with Crippen LogP contribution in [0.1, 0.15) is 46.4 Å². The molecule has 14 nitrogen and oxygen atoms in total. The van der Waals surface area contributed by atoms with Crippen LogP contribution in [0.15, 0.2) is 68.3 Å². The lowest BCUT2D eigenvalue weighted by Gasteiger charge is -2.16. The van der Waals surface area contributed by atoms with Crippen molar-refractivity contribution in [3.63, 3.8) is 0 Å². The highest BCUT2D eigenvalue weighted by Crippen LogP contribution is 2.40. The van der Waals surface area contributed by atoms with E-state index in [2.05, 4.69) is 20.6 Å². The second-order valence-corrected chi connectivity index (χ2v) is 11.0. The molecule has 0 aromatic heterocycles. The molecule has 0 saturated heterocycles. The number of guanidine groups is 2. The lowest BCUT2D eigenvalue weighted by molar-refractivity contribution is -0.140. The van der Waals surface area contributed by atoms with E-state index in [0.717, 1.165) is 0 Å². The summed E-state index contributed by atoms with van der Waals surface area (Å²) in [5.74, 6) is -3.75. The molecule has 2 aromatic carbocycles. The van der Waals surface area contributed by atoms with Crippen LogP contribution in [0.3, 0.4) is 0 Å². The van der Waals surface area contributed by atoms with E-state index < -0.39 is 35.8 Å². The van der Waals surface area contributed by atoms with Crippen molar-refractivity contribution in [2.75, 3.05) is 13.1 Å². The monoisotopic (exact) mass is 618 g/mol. The van der Waals surface area contributed by atoms with E-state index in [0.29, 0.717) is 22.6 Å². The van der Waals surface area contributed by atoms with Crippen molar-refractivity contribution >= 4 is 57.3 Å². The summed E-state index contributed by atoms with van der Waals surface area (Å²) in [5, 5.41) is 24.2. The minimum Gasteiger partial charge on any atom is -0.480 e. The molecular weight excluding hydrogens is 584 g/mol. The fourth-order valence-corrected chi connectivity index (χ4v) is 5.90. The minimum atomic E-state index is -1.19. The maximum absolute atomic E-state index is 13.0. The second kappa shape index (κ2) is 17.4. The molecule has 0 aliphatic carbocycles. The van der Waals surface area contributed by atoms with Crippen LogP contribution in [0.25, 0.3) is 0 Å². The van der Waals surface area contributed by atoms with Crippen molar-refractivity contribution in [3.8, 4) is 0 Å². The third-order valence-corrected chi connectivity index (χ3v) is 8.06. The normalized spacial score (nSPS) is 11.9. The van der Waals surface area contributed by atoms with Gasteiger partial charge < -0.3 is 43.8 Å². The Morgan fingerprint density at radius 2 is 1.02 bits per heavy atom. The first kappa shape index (κ1) is 33.8. The maximum Gasteiger partial charge on any atom is 0.326 e. The van der Waals surface area contributed by atoms with Crippen LogP contribution in [-0.2, 0) is 9.59 Å². The van der Waals surface area contributed by atoms with E-state index >= 15 is 0 Å². The van der Waals surface area contributed by atoms with Gasteiger partial charge in [-0.05, 0) is 49.9 Å². The Labute approximate surface area is 250 Å². The van der Waals surface area contributed by atoms with Gasteiger partial charge in [-0.15, -0.1) is 0 Å². The van der Waals surface area contributed by atoms with Crippen molar-refractivity contribution in [2.24, 2.45) is 32.9 Å². The van der Waals surface area contributed by atoms with Gasteiger partial charge in [0.2, 0.25) is 0 Å². The summed E-state index contributed by atoms with van der Waals surface area (Å²) in [6.45, 7) is 0.451. The molecule has 2 aromatic rings. The van der Waals surface area contributed by atoms with Gasteiger partial charge in [0.1, 0.15) is 12.1 Å². The molecule has 0 aliphatic heterocycles. The number of nitrogens with zero attached hydrogens (tertiary/aromatic N) is 2. The van der Waals surface area contributed by atoms with Gasteiger partial charge in [-0.25, -0.2) is 9.59 Å². The average Bonchev–Trinajstić information content (AvgIpc) is 2.94. The third-order valence-electron chi connectivity index (χ3n) is 5.58. The number of aliphatic carboxylic acids is 2. The zero-order valence-electron chi connectivity index (χ0n) is 22.6. The highest BCUT2D eigenvalue weighted by atomic mass is 33.1. The Balaban J connectivity index is 2.11. The first-order valence-corrected chi connectivity index (χ1v) is 14.8. The molecule has 0 unspecified atom stereocenters. The molecule has 12 N–H and O–H groups in total. The van der Waals surface area contributed by atoms with Crippen LogP contribution in [-0.4, -0.2) is 71.1 Å². The number of carbonyl (C=O) groups is 4. The van der Waals surface area contributed by atoms with E-state index in [1.54, 1.807) is 48.5 Å². The largest absolute Gasteiger partial charge is 0.480 e. The molecule has 0 saturated carbocycles. The van der Waals surface area contributed by atoms with Gasteiger partial charge >= 0.3 is 11.9 Å². The molecule has 0 fully saturated rings. The summed E-state index contributed by atoms with van der Waals surface area (Å²) in [6.07, 6.45) is 0.935. The molecule has 0 bridgehead atoms. The SMILES string of the molecule is NC(N)=NCCC[C@H](NC(=O)c1ccccc1SSc1ccccc1C(=O)N[C@@H](CCCN=C(N)N)C(=O)O)C(=O)O. The van der Waals surface area contributed by atoms with Gasteiger partial charge in [-0.1, -0.05) is 45.9 Å². The number of amides is 2. The number of hydrogen-bond donors (Lipinski definition) is 8. The maximum atomic E-state index is 13.0. The van der Waals surface area contributed by atoms with Gasteiger partial charge in [0.05, 0.1) is 11.1 Å². The third kappa shape index (κ3) is 11.6. The lowest BCUT2D eigenvalue weighted by atomic mass is 10.1. The molecule has 2 atom stereocenters. The molecule has 0 heterocycles. The zero-order valence-corrected chi connectivity index (χ0v) is 24.2. The number of rotatable bonds is 17. The Hall–Kier alpha value is -4.44. The van der Waals surface area contributed by atoms with E-state index in [4.69, 9.17) is 22.9 Å². The van der Waals surface area contributed by atoms with E-state index in [-0.39, 0.29) is 49.0 Å². The number of carboxylic acid groups (broad SMARTS) is 2. The Morgan fingerprint density at radius 1 is 0.667 bits per heavy atom. The fraction of sp³-hybridized carbons (Fsp3) is 0.308. The standard InChI is InChI=1S/C26H34N8O6S2/c27-25(28)31-13-5-9-17(23(37)38)33-21(35)15-7-1-3-11-19(15)41-42-20-12-4-2-8-16(20)22(36)34-18(24(39)40)10-6-14-32-26(29)30/h1-4,7-8,11-12,17-18H,5-6,9-10,13-14H2,(H,33,35)(H,34,36)(H,37,38)(H,39,40)(H4,27,28,31)(H4,29,30,32)/t17-,18-/m0/s1. The molecule has 2 rings (SSSR count). The summed E-state index contributed by atoms with van der Waals surface area (Å²) in [7, 11) is 2.39. The first-order chi connectivity index (χ1) is 20.0. The van der Waals surface area contributed by atoms with Gasteiger partial charge in [-0.3, -0.25) is 19.6 Å². The zero-order chi connectivity index (χ0) is 31.1. The number of hydrogen-bond acceptors (Lipinski definition) is 8. The van der Waals surface area contributed by atoms with E-state index in [9.17, 15) is 29.4 Å². The van der Waals surface area contributed by atoms with Crippen LogP contribution in [0.5, 0.6) is 0 Å². The van der Waals surface area contributed by atoms with Crippen molar-refractivity contribution in [1.29, 1.82) is 0 Å². The highest BCUT2D eigenvalue weighted by molar-refractivity contribution is 8.76. The van der Waals surface area contributed by atoms with Crippen LogP contribution in [0, 0.1) is 0 Å². The van der Waals surface area contributed by atoms with Crippen LogP contribution in [0.4, 0.5) is 0 Å². The van der Waals surface area contributed by atoms with Gasteiger partial charge in [0.25, 0.3) is 11.8 Å². The molecule has 0 spiro atoms. The minimum absolute atomic E-state index is 0.102. The molecule has 16 heteroatoms. The Bertz CT molecular complexity index is 1220. The molecule has 0 aliphatic rings. The fourth-order valence-electron chi connectivity index (χ4n) is 3.54. The number of aliphatic imine (C=N–C) groups is 2. The van der Waals surface area contributed by atoms with Crippen LogP contribution >= 0.6 is 21.6 Å². The van der Waals surface area contributed by atoms with E-state index in [1.807, 2.05) is 0 Å². The number of carbonyl (C=O) groups excluding carboxylic acids is 2. The molecule has 0 radical (unpaired) electrons. The van der Waals surface area contributed by atoms with Gasteiger partial charge in [0.15, 0.2) is 11.9 Å². The molecular formula is C26H34N8O6S2. The molecule has 42 heavy (non-hydrogen) atoms. The first-order valence-electron chi connectivity index (χ1n) is 12.7. The van der Waals surface area contributed by atoms with Crippen molar-refractivity contribution in [1.82, 2.24) is 10.6 Å². The van der Waals surface area contributed by atoms with Crippen molar-refractivity contribution in [3.05, 3.63) is 59.7 Å². The smallest absolute Gasteiger partial charge is 0.326 e. The lowest BCUT2D eigenvalue weighted by Crippen LogP contribution is -2.41. The Kier molecular flexibility index (Phi) is 14.0. The highest BCUT2D eigenvalue weighted by Gasteiger charge is 2.24. The summed E-state index contributed by atoms with van der Waals surface area (Å²) in [5.41, 5.74) is 21.6. The predicted molar refractivity (Wildman–Crippen MR) is 162 cm³/mol. The summed E-state index contributed by atoms with van der Waals surface area (Å²) in [4.78, 5) is 58.2. The quantitative estimate of drug-likeness (QED) is 0.0533. The van der Waals surface area contributed by atoms with E-state index in [1.165, 1.54) is 21.6 Å². The number of nitrogens with one attached hydrogen (secondary N) is 2. The summed E-state index contributed by atoms with van der Waals surface area (Å²) < 4.78 is 0. The van der Waals surface area contributed by atoms with Crippen molar-refractivity contribution < 1.29 is 29.4 Å². The van der Waals surface area contributed by atoms with Crippen LogP contribution in [0.2, 0.25) is 0 Å². The molecule has 226 valence electrons. The number of benzene rings is 2. The van der Waals surface area contributed by atoms with Crippen LogP contribution < -0.4 is 33.6 Å². The topological polar surface area (TPSA) is 262 Å². The van der Waals surface area contributed by atoms with Gasteiger partial charge in [0, 0.05) is 22.9 Å². The average molecular weight is 619 g/mol. The number of carboxylic acids is 2. The number of nitrogens with two attached hydrogens (primary N) is 4. The summed E-state index contributed by atoms with van der Waals surface area (Å²) in [6, 6.07) is 11.0. The molecule has 2 amide bonds. The second-order valence-electron chi connectivity index (χ2n) is 8.79. The predicted octanol–water partition coefficient (Wildman–Crippen LogP) is 0.959.